The maximum atomic E-state index is 12.7. The van der Waals surface area contributed by atoms with Crippen LogP contribution in [0.2, 0.25) is 0 Å². The third-order valence-electron chi connectivity index (χ3n) is 5.57. The molecule has 0 bridgehead atoms. The predicted molar refractivity (Wildman–Crippen MR) is 110 cm³/mol. The molecule has 1 atom stereocenters. The number of carbonyl (C=O) groups excluding carboxylic acids is 1. The second-order valence-corrected chi connectivity index (χ2v) is 11.7. The molecule has 10 heteroatoms. The molecule has 2 aliphatic heterocycles. The van der Waals surface area contributed by atoms with E-state index in [0.29, 0.717) is 32.5 Å². The average molecular weight is 444 g/mol. The van der Waals surface area contributed by atoms with Gasteiger partial charge in [-0.2, -0.15) is 4.31 Å². The Morgan fingerprint density at radius 1 is 0.966 bits per heavy atom. The van der Waals surface area contributed by atoms with Crippen molar-refractivity contribution >= 4 is 26.0 Å². The SMILES string of the molecule is CS(=O)(=O)N1CCCC(C(=O)NCc2ccc(S(=O)(=O)N3CCCCC3)cc2)C1. The summed E-state index contributed by atoms with van der Waals surface area (Å²) in [6, 6.07) is 6.58. The first-order chi connectivity index (χ1) is 13.7. The monoisotopic (exact) mass is 443 g/mol. The molecule has 1 aromatic rings. The quantitative estimate of drug-likeness (QED) is 0.710. The standard InChI is InChI=1S/C19H29N3O5S2/c1-28(24,25)22-13-5-6-17(15-22)19(23)20-14-16-7-9-18(10-8-16)29(26,27)21-11-3-2-4-12-21/h7-10,17H,2-6,11-15H2,1H3,(H,20,23). The maximum absolute atomic E-state index is 12.7. The van der Waals surface area contributed by atoms with Crippen molar-refractivity contribution < 1.29 is 21.6 Å². The van der Waals surface area contributed by atoms with Crippen molar-refractivity contribution in [2.45, 2.75) is 43.5 Å². The van der Waals surface area contributed by atoms with Crippen LogP contribution in [0.25, 0.3) is 0 Å². The minimum absolute atomic E-state index is 0.177. The lowest BCUT2D eigenvalue weighted by molar-refractivity contribution is -0.126. The van der Waals surface area contributed by atoms with Gasteiger partial charge >= 0.3 is 0 Å². The zero-order chi connectivity index (χ0) is 21.1. The molecule has 2 saturated heterocycles. The molecule has 8 nitrogen and oxygen atoms in total. The van der Waals surface area contributed by atoms with Crippen LogP contribution >= 0.6 is 0 Å². The van der Waals surface area contributed by atoms with Crippen LogP contribution in [0.5, 0.6) is 0 Å². The summed E-state index contributed by atoms with van der Waals surface area (Å²) in [4.78, 5) is 12.7. The van der Waals surface area contributed by atoms with Crippen LogP contribution in [0.15, 0.2) is 29.2 Å². The summed E-state index contributed by atoms with van der Waals surface area (Å²) in [5.41, 5.74) is 0.798. The van der Waals surface area contributed by atoms with Crippen LogP contribution in [-0.4, -0.2) is 63.8 Å². The van der Waals surface area contributed by atoms with Crippen molar-refractivity contribution in [2.24, 2.45) is 5.92 Å². The van der Waals surface area contributed by atoms with Gasteiger partial charge in [0.25, 0.3) is 0 Å². The van der Waals surface area contributed by atoms with E-state index in [2.05, 4.69) is 5.32 Å². The van der Waals surface area contributed by atoms with Gasteiger partial charge in [0, 0.05) is 32.7 Å². The average Bonchev–Trinajstić information content (AvgIpc) is 2.72. The van der Waals surface area contributed by atoms with Crippen LogP contribution < -0.4 is 5.32 Å². The van der Waals surface area contributed by atoms with Crippen LogP contribution in [0.1, 0.15) is 37.7 Å². The second-order valence-electron chi connectivity index (χ2n) is 7.79. The maximum Gasteiger partial charge on any atom is 0.243 e. The van der Waals surface area contributed by atoms with E-state index in [1.807, 2.05) is 0 Å². The third kappa shape index (κ3) is 5.56. The fourth-order valence-corrected chi connectivity index (χ4v) is 6.25. The molecule has 0 spiro atoms. The Morgan fingerprint density at radius 2 is 1.59 bits per heavy atom. The van der Waals surface area contributed by atoms with Crippen LogP contribution in [0, 0.1) is 5.92 Å². The van der Waals surface area contributed by atoms with Gasteiger partial charge in [0.1, 0.15) is 0 Å². The normalized spacial score (nSPS) is 22.3. The zero-order valence-corrected chi connectivity index (χ0v) is 18.3. The lowest BCUT2D eigenvalue weighted by Gasteiger charge is -2.30. The molecule has 2 fully saturated rings. The van der Waals surface area contributed by atoms with E-state index in [9.17, 15) is 21.6 Å². The number of rotatable bonds is 6. The van der Waals surface area contributed by atoms with E-state index in [1.165, 1.54) is 8.61 Å². The molecule has 1 unspecified atom stereocenters. The van der Waals surface area contributed by atoms with Gasteiger partial charge in [-0.15, -0.1) is 0 Å². The number of benzene rings is 1. The Bertz CT molecular complexity index is 923. The Morgan fingerprint density at radius 3 is 2.21 bits per heavy atom. The summed E-state index contributed by atoms with van der Waals surface area (Å²) < 4.78 is 51.7. The summed E-state index contributed by atoms with van der Waals surface area (Å²) in [6.07, 6.45) is 5.32. The lowest BCUT2D eigenvalue weighted by Crippen LogP contribution is -2.44. The molecule has 0 radical (unpaired) electrons. The number of hydrogen-bond acceptors (Lipinski definition) is 5. The number of nitrogens with one attached hydrogen (secondary N) is 1. The van der Waals surface area contributed by atoms with Gasteiger partial charge in [-0.3, -0.25) is 4.79 Å². The van der Waals surface area contributed by atoms with Crippen molar-refractivity contribution in [2.75, 3.05) is 32.4 Å². The predicted octanol–water partition coefficient (Wildman–Crippen LogP) is 1.15. The number of nitrogens with zero attached hydrogens (tertiary/aromatic N) is 2. The van der Waals surface area contributed by atoms with Gasteiger partial charge in [0.2, 0.25) is 26.0 Å². The largest absolute Gasteiger partial charge is 0.352 e. The minimum Gasteiger partial charge on any atom is -0.352 e. The van der Waals surface area contributed by atoms with Gasteiger partial charge < -0.3 is 5.32 Å². The van der Waals surface area contributed by atoms with E-state index in [-0.39, 0.29) is 29.8 Å². The van der Waals surface area contributed by atoms with E-state index >= 15 is 0 Å². The zero-order valence-electron chi connectivity index (χ0n) is 16.7. The molecule has 0 saturated carbocycles. The topological polar surface area (TPSA) is 104 Å². The van der Waals surface area contributed by atoms with Crippen molar-refractivity contribution in [3.63, 3.8) is 0 Å². The summed E-state index contributed by atoms with van der Waals surface area (Å²) in [5.74, 6) is -0.541. The number of carbonyl (C=O) groups is 1. The first-order valence-electron chi connectivity index (χ1n) is 10.00. The number of sulfonamides is 2. The Labute approximate surface area is 173 Å². The first kappa shape index (κ1) is 22.2. The first-order valence-corrected chi connectivity index (χ1v) is 13.3. The van der Waals surface area contributed by atoms with Gasteiger partial charge in [-0.05, 0) is 43.4 Å². The lowest BCUT2D eigenvalue weighted by atomic mass is 9.99. The molecule has 3 rings (SSSR count). The molecule has 0 aromatic heterocycles. The summed E-state index contributed by atoms with van der Waals surface area (Å²) in [6.45, 7) is 2.06. The number of piperidine rings is 2. The van der Waals surface area contributed by atoms with Gasteiger partial charge in [0.05, 0.1) is 17.1 Å². The van der Waals surface area contributed by atoms with Crippen LogP contribution in [-0.2, 0) is 31.4 Å². The Kier molecular flexibility index (Phi) is 6.98. The van der Waals surface area contributed by atoms with Crippen molar-refractivity contribution in [3.05, 3.63) is 29.8 Å². The molecule has 2 heterocycles. The molecule has 29 heavy (non-hydrogen) atoms. The van der Waals surface area contributed by atoms with Gasteiger partial charge in [0.15, 0.2) is 0 Å². The van der Waals surface area contributed by atoms with Crippen molar-refractivity contribution in [1.82, 2.24) is 13.9 Å². The molecule has 162 valence electrons. The number of hydrogen-bond donors (Lipinski definition) is 1. The van der Waals surface area contributed by atoms with Crippen LogP contribution in [0.4, 0.5) is 0 Å². The minimum atomic E-state index is -3.46. The van der Waals surface area contributed by atoms with E-state index in [0.717, 1.165) is 31.1 Å². The molecule has 2 aliphatic rings. The fourth-order valence-electron chi connectivity index (χ4n) is 3.82. The second kappa shape index (κ2) is 9.11. The number of amides is 1. The smallest absolute Gasteiger partial charge is 0.243 e. The van der Waals surface area contributed by atoms with Gasteiger partial charge in [-0.1, -0.05) is 18.6 Å². The molecular formula is C19H29N3O5S2. The molecule has 0 aliphatic carbocycles. The summed E-state index contributed by atoms with van der Waals surface area (Å²) >= 11 is 0. The fraction of sp³-hybridized carbons (Fsp3) is 0.632. The Hall–Kier alpha value is -1.49. The summed E-state index contributed by atoms with van der Waals surface area (Å²) in [7, 11) is -6.76. The van der Waals surface area contributed by atoms with E-state index in [4.69, 9.17) is 0 Å². The van der Waals surface area contributed by atoms with E-state index in [1.54, 1.807) is 24.3 Å². The summed E-state index contributed by atoms with van der Waals surface area (Å²) in [5, 5.41) is 2.84. The van der Waals surface area contributed by atoms with Gasteiger partial charge in [-0.25, -0.2) is 21.1 Å². The molecular weight excluding hydrogens is 414 g/mol. The van der Waals surface area contributed by atoms with Crippen molar-refractivity contribution in [1.29, 1.82) is 0 Å². The molecule has 1 amide bonds. The molecule has 1 N–H and O–H groups in total. The third-order valence-corrected chi connectivity index (χ3v) is 8.75. The highest BCUT2D eigenvalue weighted by atomic mass is 32.2. The highest BCUT2D eigenvalue weighted by molar-refractivity contribution is 7.89. The van der Waals surface area contributed by atoms with Crippen LogP contribution in [0.3, 0.4) is 0 Å². The van der Waals surface area contributed by atoms with Crippen molar-refractivity contribution in [3.8, 4) is 0 Å². The Balaban J connectivity index is 1.57. The van der Waals surface area contributed by atoms with E-state index < -0.39 is 20.0 Å². The molecule has 1 aromatic carbocycles. The highest BCUT2D eigenvalue weighted by Crippen LogP contribution is 2.21. The highest BCUT2D eigenvalue weighted by Gasteiger charge is 2.30.